The van der Waals surface area contributed by atoms with E-state index in [4.69, 9.17) is 4.74 Å². The van der Waals surface area contributed by atoms with Gasteiger partial charge in [0.05, 0.1) is 4.90 Å². The number of hydrogen-bond donors (Lipinski definition) is 0. The van der Waals surface area contributed by atoms with E-state index in [9.17, 15) is 13.2 Å². The maximum Gasteiger partial charge on any atom is 0.253 e. The van der Waals surface area contributed by atoms with Gasteiger partial charge in [-0.25, -0.2) is 8.42 Å². The van der Waals surface area contributed by atoms with E-state index in [2.05, 4.69) is 4.90 Å². The van der Waals surface area contributed by atoms with Crippen LogP contribution in [0.15, 0.2) is 59.5 Å². The van der Waals surface area contributed by atoms with Crippen LogP contribution in [0.5, 0.6) is 5.75 Å². The monoisotopic (exact) mass is 443 g/mol. The third kappa shape index (κ3) is 5.26. The molecule has 8 heteroatoms. The number of ether oxygens (including phenoxy) is 1. The van der Waals surface area contributed by atoms with Crippen LogP contribution in [0.4, 0.5) is 0 Å². The third-order valence-electron chi connectivity index (χ3n) is 5.88. The summed E-state index contributed by atoms with van der Waals surface area (Å²) in [7, 11) is -3.45. The fourth-order valence-electron chi connectivity index (χ4n) is 4.01. The molecule has 2 heterocycles. The first-order chi connectivity index (χ1) is 15.0. The Morgan fingerprint density at radius 3 is 2.13 bits per heavy atom. The molecule has 0 aromatic heterocycles. The number of piperazine rings is 1. The lowest BCUT2D eigenvalue weighted by Gasteiger charge is -2.34. The molecule has 2 aromatic rings. The fraction of sp³-hybridized carbons (Fsp3) is 0.435. The van der Waals surface area contributed by atoms with E-state index < -0.39 is 10.0 Å². The Hall–Kier alpha value is -2.42. The van der Waals surface area contributed by atoms with E-state index in [1.807, 2.05) is 35.2 Å². The van der Waals surface area contributed by atoms with E-state index in [-0.39, 0.29) is 10.8 Å². The molecule has 2 aliphatic heterocycles. The zero-order valence-electron chi connectivity index (χ0n) is 17.7. The van der Waals surface area contributed by atoms with Gasteiger partial charge in [0.25, 0.3) is 5.91 Å². The minimum absolute atomic E-state index is 0.0506. The van der Waals surface area contributed by atoms with Crippen molar-refractivity contribution in [3.05, 3.63) is 60.2 Å². The zero-order valence-corrected chi connectivity index (χ0v) is 18.5. The number of nitrogens with zero attached hydrogens (tertiary/aromatic N) is 3. The smallest absolute Gasteiger partial charge is 0.253 e. The number of benzene rings is 2. The predicted molar refractivity (Wildman–Crippen MR) is 119 cm³/mol. The van der Waals surface area contributed by atoms with Gasteiger partial charge in [0.2, 0.25) is 10.0 Å². The molecule has 0 N–H and O–H groups in total. The number of para-hydroxylation sites is 1. The van der Waals surface area contributed by atoms with Crippen LogP contribution in [0.3, 0.4) is 0 Å². The summed E-state index contributed by atoms with van der Waals surface area (Å²) in [6, 6.07) is 16.1. The summed E-state index contributed by atoms with van der Waals surface area (Å²) >= 11 is 0. The number of sulfonamides is 1. The Balaban J connectivity index is 1.26. The second kappa shape index (κ2) is 9.80. The second-order valence-electron chi connectivity index (χ2n) is 7.93. The van der Waals surface area contributed by atoms with E-state index >= 15 is 0 Å². The van der Waals surface area contributed by atoms with Gasteiger partial charge in [-0.1, -0.05) is 18.2 Å². The summed E-state index contributed by atoms with van der Waals surface area (Å²) in [5, 5.41) is 0. The highest BCUT2D eigenvalue weighted by Crippen LogP contribution is 2.21. The van der Waals surface area contributed by atoms with Gasteiger partial charge in [-0.2, -0.15) is 4.31 Å². The first kappa shape index (κ1) is 21.8. The van der Waals surface area contributed by atoms with E-state index in [0.29, 0.717) is 38.3 Å². The van der Waals surface area contributed by atoms with Crippen LogP contribution >= 0.6 is 0 Å². The van der Waals surface area contributed by atoms with E-state index in [1.54, 1.807) is 24.3 Å². The van der Waals surface area contributed by atoms with Gasteiger partial charge < -0.3 is 9.64 Å². The van der Waals surface area contributed by atoms with Crippen LogP contribution in [0.2, 0.25) is 0 Å². The van der Waals surface area contributed by atoms with Gasteiger partial charge in [-0.3, -0.25) is 9.69 Å². The van der Waals surface area contributed by atoms with E-state index in [0.717, 1.165) is 38.2 Å². The van der Waals surface area contributed by atoms with Gasteiger partial charge in [-0.05, 0) is 49.2 Å². The molecule has 0 bridgehead atoms. The number of amides is 1. The molecule has 0 saturated carbocycles. The molecule has 31 heavy (non-hydrogen) atoms. The number of carbonyl (C=O) groups is 1. The molecule has 2 aliphatic rings. The van der Waals surface area contributed by atoms with Crippen LogP contribution in [0.25, 0.3) is 0 Å². The summed E-state index contributed by atoms with van der Waals surface area (Å²) in [4.78, 5) is 17.2. The first-order valence-corrected chi connectivity index (χ1v) is 12.3. The molecule has 166 valence electrons. The molecule has 0 unspecified atom stereocenters. The van der Waals surface area contributed by atoms with Crippen molar-refractivity contribution in [2.45, 2.75) is 17.7 Å². The minimum Gasteiger partial charge on any atom is -0.492 e. The van der Waals surface area contributed by atoms with Crippen LogP contribution in [0.1, 0.15) is 23.2 Å². The van der Waals surface area contributed by atoms with Gasteiger partial charge in [-0.15, -0.1) is 0 Å². The maximum atomic E-state index is 12.8. The zero-order chi connectivity index (χ0) is 21.7. The van der Waals surface area contributed by atoms with Gasteiger partial charge in [0.15, 0.2) is 0 Å². The van der Waals surface area contributed by atoms with Crippen molar-refractivity contribution in [2.24, 2.45) is 0 Å². The Bertz CT molecular complexity index is 966. The highest BCUT2D eigenvalue weighted by atomic mass is 32.2. The van der Waals surface area contributed by atoms with Crippen molar-refractivity contribution in [2.75, 3.05) is 52.4 Å². The highest BCUT2D eigenvalue weighted by Gasteiger charge is 2.28. The van der Waals surface area contributed by atoms with Crippen molar-refractivity contribution < 1.29 is 17.9 Å². The molecule has 1 amide bonds. The summed E-state index contributed by atoms with van der Waals surface area (Å²) in [6.07, 6.45) is 1.81. The fourth-order valence-corrected chi connectivity index (χ4v) is 5.53. The molecule has 0 atom stereocenters. The molecule has 2 fully saturated rings. The molecular weight excluding hydrogens is 414 g/mol. The van der Waals surface area contributed by atoms with Crippen LogP contribution < -0.4 is 4.74 Å². The van der Waals surface area contributed by atoms with Gasteiger partial charge >= 0.3 is 0 Å². The standard InChI is InChI=1S/C23H29N3O4S/c27-23(20-8-10-22(11-9-20)31(28,29)26-12-4-5-13-26)25-16-14-24(15-17-25)18-19-30-21-6-2-1-3-7-21/h1-3,6-11H,4-5,12-19H2. The molecular formula is C23H29N3O4S. The quantitative estimate of drug-likeness (QED) is 0.657. The lowest BCUT2D eigenvalue weighted by atomic mass is 10.2. The molecule has 7 nitrogen and oxygen atoms in total. The highest BCUT2D eigenvalue weighted by molar-refractivity contribution is 7.89. The topological polar surface area (TPSA) is 70.2 Å². The van der Waals surface area contributed by atoms with Crippen molar-refractivity contribution in [3.63, 3.8) is 0 Å². The SMILES string of the molecule is O=C(c1ccc(S(=O)(=O)N2CCCC2)cc1)N1CCN(CCOc2ccccc2)CC1. The Morgan fingerprint density at radius 1 is 0.839 bits per heavy atom. The summed E-state index contributed by atoms with van der Waals surface area (Å²) in [5.74, 6) is 0.816. The summed E-state index contributed by atoms with van der Waals surface area (Å²) in [6.45, 7) is 5.48. The molecule has 0 aliphatic carbocycles. The largest absolute Gasteiger partial charge is 0.492 e. The summed E-state index contributed by atoms with van der Waals surface area (Å²) < 4.78 is 32.6. The Morgan fingerprint density at radius 2 is 1.48 bits per heavy atom. The molecule has 2 saturated heterocycles. The second-order valence-corrected chi connectivity index (χ2v) is 9.87. The van der Waals surface area contributed by atoms with E-state index in [1.165, 1.54) is 4.31 Å². The summed E-state index contributed by atoms with van der Waals surface area (Å²) in [5.41, 5.74) is 0.529. The third-order valence-corrected chi connectivity index (χ3v) is 7.80. The van der Waals surface area contributed by atoms with Crippen LogP contribution in [-0.4, -0.2) is 80.9 Å². The molecule has 2 aromatic carbocycles. The van der Waals surface area contributed by atoms with Crippen molar-refractivity contribution in [1.29, 1.82) is 0 Å². The average molecular weight is 444 g/mol. The number of carbonyl (C=O) groups excluding carboxylic acids is 1. The van der Waals surface area contributed by atoms with Crippen molar-refractivity contribution in [1.82, 2.24) is 14.1 Å². The molecule has 0 radical (unpaired) electrons. The number of hydrogen-bond acceptors (Lipinski definition) is 5. The van der Waals surface area contributed by atoms with Crippen LogP contribution in [-0.2, 0) is 10.0 Å². The Labute approximate surface area is 184 Å². The molecule has 0 spiro atoms. The first-order valence-electron chi connectivity index (χ1n) is 10.8. The maximum absolute atomic E-state index is 12.8. The molecule has 4 rings (SSSR count). The Kier molecular flexibility index (Phi) is 6.89. The average Bonchev–Trinajstić information content (AvgIpc) is 3.36. The van der Waals surface area contributed by atoms with Crippen molar-refractivity contribution in [3.8, 4) is 5.75 Å². The van der Waals surface area contributed by atoms with Crippen molar-refractivity contribution >= 4 is 15.9 Å². The van der Waals surface area contributed by atoms with Gasteiger partial charge in [0.1, 0.15) is 12.4 Å². The normalized spacial score (nSPS) is 18.3. The van der Waals surface area contributed by atoms with Gasteiger partial charge in [0, 0.05) is 51.4 Å². The lowest BCUT2D eigenvalue weighted by Crippen LogP contribution is -2.49. The van der Waals surface area contributed by atoms with Crippen LogP contribution in [0, 0.1) is 0 Å². The predicted octanol–water partition coefficient (Wildman–Crippen LogP) is 2.31. The minimum atomic E-state index is -3.45. The lowest BCUT2D eigenvalue weighted by molar-refractivity contribution is 0.0620. The number of rotatable bonds is 7.